The highest BCUT2D eigenvalue weighted by Crippen LogP contribution is 2.20. The van der Waals surface area contributed by atoms with Gasteiger partial charge in [0.2, 0.25) is 0 Å². The summed E-state index contributed by atoms with van der Waals surface area (Å²) >= 11 is 0. The number of nitrogens with one attached hydrogen (secondary N) is 2. The van der Waals surface area contributed by atoms with E-state index in [1.54, 1.807) is 13.0 Å². The summed E-state index contributed by atoms with van der Waals surface area (Å²) in [6, 6.07) is 2.94. The van der Waals surface area contributed by atoms with Gasteiger partial charge in [0.15, 0.2) is 0 Å². The van der Waals surface area contributed by atoms with E-state index in [-0.39, 0.29) is 17.1 Å². The number of carboxylic acids is 1. The third-order valence-corrected chi connectivity index (χ3v) is 4.13. The number of carbonyl (C=O) groups is 2. The van der Waals surface area contributed by atoms with E-state index in [1.165, 1.54) is 6.07 Å². The number of rotatable bonds is 5. The molecule has 5 nitrogen and oxygen atoms in total. The number of benzene rings is 1. The zero-order valence-corrected chi connectivity index (χ0v) is 13.3. The fourth-order valence-electron chi connectivity index (χ4n) is 2.02. The number of aryl methyl sites for hydroxylation is 1. The summed E-state index contributed by atoms with van der Waals surface area (Å²) in [5.41, 5.74) is 1.97. The summed E-state index contributed by atoms with van der Waals surface area (Å²) in [4.78, 5) is 23.3. The number of hydrogen-bond donors (Lipinski definition) is 3. The van der Waals surface area contributed by atoms with Crippen LogP contribution in [0.1, 0.15) is 55.1 Å². The summed E-state index contributed by atoms with van der Waals surface area (Å²) < 4.78 is 0. The molecule has 0 bridgehead atoms. The van der Waals surface area contributed by atoms with Gasteiger partial charge >= 0.3 is 12.0 Å². The maximum Gasteiger partial charge on any atom is 0.336 e. The number of carbonyl (C=O) groups excluding carboxylic acids is 1. The van der Waals surface area contributed by atoms with Gasteiger partial charge in [-0.1, -0.05) is 13.8 Å². The van der Waals surface area contributed by atoms with Gasteiger partial charge in [0.05, 0.1) is 5.56 Å². The molecule has 5 heteroatoms. The third-order valence-electron chi connectivity index (χ3n) is 4.13. The second-order valence-electron chi connectivity index (χ2n) is 5.62. The molecule has 1 aromatic rings. The van der Waals surface area contributed by atoms with Crippen LogP contribution in [0.25, 0.3) is 0 Å². The summed E-state index contributed by atoms with van der Waals surface area (Å²) in [6.07, 6.45) is 1.65. The molecule has 0 saturated heterocycles. The molecule has 3 N–H and O–H groups in total. The molecule has 0 aliphatic heterocycles. The first-order valence-electron chi connectivity index (χ1n) is 7.16. The maximum atomic E-state index is 12.1. The Morgan fingerprint density at radius 3 is 2.24 bits per heavy atom. The molecule has 0 spiro atoms. The van der Waals surface area contributed by atoms with Gasteiger partial charge < -0.3 is 15.7 Å². The van der Waals surface area contributed by atoms with Gasteiger partial charge in [0.1, 0.15) is 0 Å². The predicted octanol–water partition coefficient (Wildman–Crippen LogP) is 3.70. The Kier molecular flexibility index (Phi) is 5.35. The maximum absolute atomic E-state index is 12.1. The SMILES string of the molecule is CCC(C)(CC)NC(=O)Nc1cc(C)c(C)c(C(=O)O)c1. The molecular formula is C16H24N2O3. The van der Waals surface area contributed by atoms with Crippen LogP contribution in [0, 0.1) is 13.8 Å². The van der Waals surface area contributed by atoms with Gasteiger partial charge in [-0.25, -0.2) is 9.59 Å². The van der Waals surface area contributed by atoms with Crippen molar-refractivity contribution in [1.29, 1.82) is 0 Å². The van der Waals surface area contributed by atoms with Gasteiger partial charge in [0, 0.05) is 11.2 Å². The molecule has 0 aliphatic carbocycles. The molecule has 0 unspecified atom stereocenters. The van der Waals surface area contributed by atoms with Crippen molar-refractivity contribution in [1.82, 2.24) is 5.32 Å². The van der Waals surface area contributed by atoms with Crippen LogP contribution in [0.15, 0.2) is 12.1 Å². The first-order chi connectivity index (χ1) is 9.72. The highest BCUT2D eigenvalue weighted by atomic mass is 16.4. The van der Waals surface area contributed by atoms with Crippen molar-refractivity contribution >= 4 is 17.7 Å². The van der Waals surface area contributed by atoms with Crippen LogP contribution in [0.4, 0.5) is 10.5 Å². The van der Waals surface area contributed by atoms with E-state index in [2.05, 4.69) is 10.6 Å². The molecule has 116 valence electrons. The minimum atomic E-state index is -0.994. The van der Waals surface area contributed by atoms with Crippen LogP contribution < -0.4 is 10.6 Å². The van der Waals surface area contributed by atoms with Gasteiger partial charge in [-0.3, -0.25) is 0 Å². The Balaban J connectivity index is 2.94. The lowest BCUT2D eigenvalue weighted by molar-refractivity contribution is 0.0696. The normalized spacial score (nSPS) is 11.1. The van der Waals surface area contributed by atoms with E-state index in [0.29, 0.717) is 11.3 Å². The van der Waals surface area contributed by atoms with Crippen molar-refractivity contribution in [3.8, 4) is 0 Å². The van der Waals surface area contributed by atoms with Crippen LogP contribution in [0.3, 0.4) is 0 Å². The zero-order chi connectivity index (χ0) is 16.2. The minimum Gasteiger partial charge on any atom is -0.478 e. The number of carboxylic acid groups (broad SMARTS) is 1. The average Bonchev–Trinajstić information content (AvgIpc) is 2.41. The van der Waals surface area contributed by atoms with Crippen LogP contribution >= 0.6 is 0 Å². The van der Waals surface area contributed by atoms with Crippen LogP contribution in [0.2, 0.25) is 0 Å². The van der Waals surface area contributed by atoms with Crippen molar-refractivity contribution in [2.75, 3.05) is 5.32 Å². The number of hydrogen-bond acceptors (Lipinski definition) is 2. The van der Waals surface area contributed by atoms with Crippen LogP contribution in [0.5, 0.6) is 0 Å². The Hall–Kier alpha value is -2.04. The van der Waals surface area contributed by atoms with Crippen molar-refractivity contribution in [2.45, 2.75) is 53.0 Å². The minimum absolute atomic E-state index is 0.207. The van der Waals surface area contributed by atoms with Gasteiger partial charge in [-0.05, 0) is 56.9 Å². The van der Waals surface area contributed by atoms with Gasteiger partial charge in [0.25, 0.3) is 0 Å². The predicted molar refractivity (Wildman–Crippen MR) is 84.0 cm³/mol. The largest absolute Gasteiger partial charge is 0.478 e. The smallest absolute Gasteiger partial charge is 0.336 e. The van der Waals surface area contributed by atoms with E-state index in [4.69, 9.17) is 0 Å². The van der Waals surface area contributed by atoms with E-state index < -0.39 is 5.97 Å². The molecular weight excluding hydrogens is 268 g/mol. The van der Waals surface area contributed by atoms with E-state index in [9.17, 15) is 14.7 Å². The number of aromatic carboxylic acids is 1. The Morgan fingerprint density at radius 1 is 1.19 bits per heavy atom. The molecule has 0 aliphatic rings. The molecule has 0 radical (unpaired) electrons. The second kappa shape index (κ2) is 6.61. The Bertz CT molecular complexity index is 549. The molecule has 0 atom stereocenters. The average molecular weight is 292 g/mol. The molecule has 0 heterocycles. The number of urea groups is 1. The Morgan fingerprint density at radius 2 is 1.76 bits per heavy atom. The standard InChI is InChI=1S/C16H24N2O3/c1-6-16(5,7-2)18-15(21)17-12-8-10(3)11(4)13(9-12)14(19)20/h8-9H,6-7H2,1-5H3,(H,19,20)(H2,17,18,21). The monoisotopic (exact) mass is 292 g/mol. The molecule has 0 fully saturated rings. The lowest BCUT2D eigenvalue weighted by Crippen LogP contribution is -2.46. The summed E-state index contributed by atoms with van der Waals surface area (Å²) in [7, 11) is 0. The van der Waals surface area contributed by atoms with Crippen molar-refractivity contribution < 1.29 is 14.7 Å². The first-order valence-corrected chi connectivity index (χ1v) is 7.16. The lowest BCUT2D eigenvalue weighted by Gasteiger charge is -2.28. The number of amides is 2. The fourth-order valence-corrected chi connectivity index (χ4v) is 2.02. The van der Waals surface area contributed by atoms with Crippen LogP contribution in [-0.4, -0.2) is 22.6 Å². The highest BCUT2D eigenvalue weighted by molar-refractivity contribution is 5.94. The molecule has 0 saturated carbocycles. The molecule has 2 amide bonds. The second-order valence-corrected chi connectivity index (χ2v) is 5.62. The number of anilines is 1. The molecule has 0 aromatic heterocycles. The quantitative estimate of drug-likeness (QED) is 0.774. The van der Waals surface area contributed by atoms with Crippen molar-refractivity contribution in [2.24, 2.45) is 0 Å². The summed E-state index contributed by atoms with van der Waals surface area (Å²) in [6.45, 7) is 9.60. The molecule has 1 rings (SSSR count). The zero-order valence-electron chi connectivity index (χ0n) is 13.3. The van der Waals surface area contributed by atoms with E-state index >= 15 is 0 Å². The molecule has 1 aromatic carbocycles. The summed E-state index contributed by atoms with van der Waals surface area (Å²) in [5.74, 6) is -0.994. The highest BCUT2D eigenvalue weighted by Gasteiger charge is 2.22. The topological polar surface area (TPSA) is 78.4 Å². The van der Waals surface area contributed by atoms with E-state index in [1.807, 2.05) is 27.7 Å². The van der Waals surface area contributed by atoms with Gasteiger partial charge in [-0.15, -0.1) is 0 Å². The lowest BCUT2D eigenvalue weighted by atomic mass is 9.96. The van der Waals surface area contributed by atoms with E-state index in [0.717, 1.165) is 18.4 Å². The van der Waals surface area contributed by atoms with Gasteiger partial charge in [-0.2, -0.15) is 0 Å². The van der Waals surface area contributed by atoms with Crippen LogP contribution in [-0.2, 0) is 0 Å². The Labute approximate surface area is 125 Å². The summed E-state index contributed by atoms with van der Waals surface area (Å²) in [5, 5.41) is 14.8. The fraction of sp³-hybridized carbons (Fsp3) is 0.500. The molecule has 21 heavy (non-hydrogen) atoms. The van der Waals surface area contributed by atoms with Crippen molar-refractivity contribution in [3.63, 3.8) is 0 Å². The third kappa shape index (κ3) is 4.21. The van der Waals surface area contributed by atoms with Crippen molar-refractivity contribution in [3.05, 3.63) is 28.8 Å². The first kappa shape index (κ1) is 17.0.